The van der Waals surface area contributed by atoms with E-state index in [0.717, 1.165) is 4.31 Å². The number of carboxylic acid groups (broad SMARTS) is 1. The molecule has 0 saturated carbocycles. The van der Waals surface area contributed by atoms with Gasteiger partial charge < -0.3 is 5.11 Å². The molecule has 0 aromatic carbocycles. The maximum absolute atomic E-state index is 11.5. The highest BCUT2D eigenvalue weighted by Crippen LogP contribution is 2.20. The molecule has 0 spiro atoms. The largest absolute Gasteiger partial charge is 0.480 e. The number of nitrogens with zero attached hydrogens (tertiary/aromatic N) is 2. The number of rotatable bonds is 3. The van der Waals surface area contributed by atoms with E-state index in [0.29, 0.717) is 19.3 Å². The number of sulfonamides is 1. The van der Waals surface area contributed by atoms with E-state index in [-0.39, 0.29) is 6.54 Å². The molecule has 7 heteroatoms. The van der Waals surface area contributed by atoms with Crippen LogP contribution in [0.5, 0.6) is 0 Å². The maximum atomic E-state index is 11.5. The van der Waals surface area contributed by atoms with Crippen molar-refractivity contribution in [2.75, 3.05) is 12.3 Å². The molecule has 0 aromatic heterocycles. The zero-order valence-electron chi connectivity index (χ0n) is 8.09. The predicted octanol–water partition coefficient (Wildman–Crippen LogP) is -0.221. The van der Waals surface area contributed by atoms with Gasteiger partial charge in [-0.05, 0) is 19.3 Å². The van der Waals surface area contributed by atoms with E-state index in [4.69, 9.17) is 10.4 Å². The number of nitriles is 1. The average Bonchev–Trinajstić information content (AvgIpc) is 2.17. The van der Waals surface area contributed by atoms with Gasteiger partial charge >= 0.3 is 5.97 Å². The highest BCUT2D eigenvalue weighted by Gasteiger charge is 2.36. The lowest BCUT2D eigenvalue weighted by Crippen LogP contribution is -2.48. The third kappa shape index (κ3) is 2.67. The molecule has 6 nitrogen and oxygen atoms in total. The Morgan fingerprint density at radius 1 is 1.53 bits per heavy atom. The molecule has 15 heavy (non-hydrogen) atoms. The molecular formula is C8H12N2O4S. The fraction of sp³-hybridized carbons (Fsp3) is 0.750. The van der Waals surface area contributed by atoms with Crippen molar-refractivity contribution in [3.63, 3.8) is 0 Å². The van der Waals surface area contributed by atoms with Gasteiger partial charge in [0.15, 0.2) is 5.75 Å². The first-order valence-corrected chi connectivity index (χ1v) is 6.19. The Hall–Kier alpha value is -1.13. The van der Waals surface area contributed by atoms with Crippen LogP contribution in [0.3, 0.4) is 0 Å². The zero-order chi connectivity index (χ0) is 11.5. The second-order valence-electron chi connectivity index (χ2n) is 3.37. The third-order valence-corrected chi connectivity index (χ3v) is 3.99. The lowest BCUT2D eigenvalue weighted by atomic mass is 10.1. The minimum absolute atomic E-state index is 0.195. The monoisotopic (exact) mass is 232 g/mol. The van der Waals surface area contributed by atoms with Crippen molar-refractivity contribution in [1.82, 2.24) is 4.31 Å². The molecule has 1 rings (SSSR count). The van der Waals surface area contributed by atoms with Crippen LogP contribution in [0.2, 0.25) is 0 Å². The molecule has 1 N–H and O–H groups in total. The summed E-state index contributed by atoms with van der Waals surface area (Å²) in [4.78, 5) is 10.8. The van der Waals surface area contributed by atoms with E-state index in [1.807, 2.05) is 0 Å². The van der Waals surface area contributed by atoms with Crippen LogP contribution in [0.4, 0.5) is 0 Å². The molecule has 1 heterocycles. The summed E-state index contributed by atoms with van der Waals surface area (Å²) in [7, 11) is -3.74. The Kier molecular flexibility index (Phi) is 3.66. The minimum atomic E-state index is -3.74. The van der Waals surface area contributed by atoms with E-state index in [1.54, 1.807) is 6.07 Å². The first kappa shape index (κ1) is 11.9. The molecule has 84 valence electrons. The molecule has 1 atom stereocenters. The Balaban J connectivity index is 2.91. The van der Waals surface area contributed by atoms with E-state index < -0.39 is 27.8 Å². The minimum Gasteiger partial charge on any atom is -0.480 e. The molecule has 1 aliphatic rings. The molecule has 1 aliphatic heterocycles. The topological polar surface area (TPSA) is 98.5 Å². The third-order valence-electron chi connectivity index (χ3n) is 2.34. The fourth-order valence-electron chi connectivity index (χ4n) is 1.65. The van der Waals surface area contributed by atoms with Gasteiger partial charge in [0, 0.05) is 6.54 Å². The fourth-order valence-corrected chi connectivity index (χ4v) is 2.97. The molecular weight excluding hydrogens is 220 g/mol. The number of carbonyl (C=O) groups is 1. The Labute approximate surface area is 88.2 Å². The Morgan fingerprint density at radius 3 is 2.73 bits per heavy atom. The van der Waals surface area contributed by atoms with Crippen LogP contribution in [0.1, 0.15) is 19.3 Å². The van der Waals surface area contributed by atoms with Crippen LogP contribution >= 0.6 is 0 Å². The standard InChI is InChI=1S/C8H12N2O4S/c9-4-6-15(13,14)10-5-2-1-3-7(10)8(11)12/h7H,1-3,5-6H2,(H,11,12)/t7-/m1/s1. The van der Waals surface area contributed by atoms with Crippen LogP contribution in [-0.4, -0.2) is 42.1 Å². The highest BCUT2D eigenvalue weighted by molar-refractivity contribution is 7.89. The van der Waals surface area contributed by atoms with Crippen LogP contribution in [-0.2, 0) is 14.8 Å². The molecule has 0 bridgehead atoms. The molecule has 0 radical (unpaired) electrons. The summed E-state index contributed by atoms with van der Waals surface area (Å²) in [5.41, 5.74) is 0. The van der Waals surface area contributed by atoms with Crippen molar-refractivity contribution in [3.05, 3.63) is 0 Å². The molecule has 0 aromatic rings. The van der Waals surface area contributed by atoms with Crippen LogP contribution < -0.4 is 0 Å². The number of aliphatic carboxylic acids is 1. The Bertz CT molecular complexity index is 384. The highest BCUT2D eigenvalue weighted by atomic mass is 32.2. The van der Waals surface area contributed by atoms with Gasteiger partial charge in [-0.2, -0.15) is 9.57 Å². The van der Waals surface area contributed by atoms with Crippen molar-refractivity contribution in [1.29, 1.82) is 5.26 Å². The smallest absolute Gasteiger partial charge is 0.322 e. The Morgan fingerprint density at radius 2 is 2.20 bits per heavy atom. The summed E-state index contributed by atoms with van der Waals surface area (Å²) in [5, 5.41) is 17.2. The van der Waals surface area contributed by atoms with E-state index in [2.05, 4.69) is 0 Å². The van der Waals surface area contributed by atoms with Gasteiger partial charge in [0.25, 0.3) is 0 Å². The molecule has 1 saturated heterocycles. The lowest BCUT2D eigenvalue weighted by molar-refractivity contribution is -0.142. The van der Waals surface area contributed by atoms with Gasteiger partial charge in [-0.25, -0.2) is 8.42 Å². The van der Waals surface area contributed by atoms with Gasteiger partial charge in [-0.15, -0.1) is 0 Å². The number of hydrogen-bond donors (Lipinski definition) is 1. The summed E-state index contributed by atoms with van der Waals surface area (Å²) in [5.74, 6) is -1.80. The second kappa shape index (κ2) is 4.59. The molecule has 0 unspecified atom stereocenters. The summed E-state index contributed by atoms with van der Waals surface area (Å²) in [6, 6.07) is 0.540. The summed E-state index contributed by atoms with van der Waals surface area (Å²) in [6.07, 6.45) is 1.67. The normalized spacial score (nSPS) is 23.3. The van der Waals surface area contributed by atoms with E-state index in [9.17, 15) is 13.2 Å². The second-order valence-corrected chi connectivity index (χ2v) is 5.30. The van der Waals surface area contributed by atoms with Crippen molar-refractivity contribution in [2.45, 2.75) is 25.3 Å². The average molecular weight is 232 g/mol. The zero-order valence-corrected chi connectivity index (χ0v) is 8.90. The van der Waals surface area contributed by atoms with E-state index >= 15 is 0 Å². The van der Waals surface area contributed by atoms with Crippen LogP contribution in [0.15, 0.2) is 0 Å². The summed E-state index contributed by atoms with van der Waals surface area (Å²) < 4.78 is 24.0. The molecule has 1 fully saturated rings. The predicted molar refractivity (Wildman–Crippen MR) is 51.4 cm³/mol. The first-order valence-electron chi connectivity index (χ1n) is 4.58. The van der Waals surface area contributed by atoms with Crippen molar-refractivity contribution < 1.29 is 18.3 Å². The van der Waals surface area contributed by atoms with Gasteiger partial charge in [0.05, 0.1) is 6.07 Å². The van der Waals surface area contributed by atoms with Gasteiger partial charge in [-0.1, -0.05) is 0 Å². The number of carboxylic acids is 1. The van der Waals surface area contributed by atoms with Crippen molar-refractivity contribution in [3.8, 4) is 6.07 Å². The van der Waals surface area contributed by atoms with Crippen molar-refractivity contribution >= 4 is 16.0 Å². The summed E-state index contributed by atoms with van der Waals surface area (Å²) >= 11 is 0. The van der Waals surface area contributed by atoms with Gasteiger partial charge in [0.1, 0.15) is 6.04 Å². The first-order chi connectivity index (χ1) is 6.99. The lowest BCUT2D eigenvalue weighted by Gasteiger charge is -2.30. The van der Waals surface area contributed by atoms with Crippen LogP contribution in [0, 0.1) is 11.3 Å². The number of piperidine rings is 1. The summed E-state index contributed by atoms with van der Waals surface area (Å²) in [6.45, 7) is 0.195. The number of hydrogen-bond acceptors (Lipinski definition) is 4. The quantitative estimate of drug-likeness (QED) is 0.725. The SMILES string of the molecule is N#CCS(=O)(=O)N1CCCC[C@@H]1C(=O)O. The van der Waals surface area contributed by atoms with Crippen molar-refractivity contribution in [2.24, 2.45) is 0 Å². The van der Waals surface area contributed by atoms with Crippen LogP contribution in [0.25, 0.3) is 0 Å². The maximum Gasteiger partial charge on any atom is 0.322 e. The van der Waals surface area contributed by atoms with E-state index in [1.165, 1.54) is 0 Å². The molecule has 0 amide bonds. The van der Waals surface area contributed by atoms with Gasteiger partial charge in [0.2, 0.25) is 10.0 Å². The van der Waals surface area contributed by atoms with Gasteiger partial charge in [-0.3, -0.25) is 4.79 Å². The molecule has 0 aliphatic carbocycles.